The first-order chi connectivity index (χ1) is 27.5. The van der Waals surface area contributed by atoms with Gasteiger partial charge in [0.05, 0.1) is 39.4 Å². The summed E-state index contributed by atoms with van der Waals surface area (Å²) < 4.78 is 48.5. The molecular formula is C48H100N2O6S. The Labute approximate surface area is 357 Å². The number of nitrogens with zero attached hydrogens (tertiary/aromatic N) is 2. The number of hydrogen-bond donors (Lipinski definition) is 0. The molecule has 344 valence electrons. The molecule has 0 amide bonds. The molecule has 2 saturated heterocycles. The molecule has 2 fully saturated rings. The summed E-state index contributed by atoms with van der Waals surface area (Å²) in [4.78, 5) is 0. The van der Waals surface area contributed by atoms with Crippen LogP contribution in [0.5, 0.6) is 0 Å². The molecule has 8 nitrogen and oxygen atoms in total. The van der Waals surface area contributed by atoms with Crippen molar-refractivity contribution in [1.82, 2.24) is 0 Å². The number of morpholine rings is 2. The van der Waals surface area contributed by atoms with E-state index in [9.17, 15) is 0 Å². The molecule has 0 N–H and O–H groups in total. The van der Waals surface area contributed by atoms with Crippen molar-refractivity contribution in [2.75, 3.05) is 65.6 Å². The Morgan fingerprint density at radius 1 is 0.421 bits per heavy atom. The SMILES string of the molecule is CCCCCCCCCCCCCCCC[N+]1(CC)CCOC(CC)C1.CCCCCCCCCCCCCCCC[N+]1(CC)CCOC(CC)C1.O=S(=O)([O-])[O-]. The van der Waals surface area contributed by atoms with E-state index in [0.29, 0.717) is 12.2 Å². The van der Waals surface area contributed by atoms with E-state index in [4.69, 9.17) is 27.0 Å². The fraction of sp³-hybridized carbons (Fsp3) is 1.00. The van der Waals surface area contributed by atoms with Gasteiger partial charge < -0.3 is 27.5 Å². The summed E-state index contributed by atoms with van der Waals surface area (Å²) in [6.45, 7) is 26.2. The summed E-state index contributed by atoms with van der Waals surface area (Å²) in [6, 6.07) is 0. The molecule has 0 aliphatic carbocycles. The van der Waals surface area contributed by atoms with Crippen LogP contribution < -0.4 is 0 Å². The summed E-state index contributed by atoms with van der Waals surface area (Å²) in [5.74, 6) is 0. The van der Waals surface area contributed by atoms with Crippen molar-refractivity contribution in [1.29, 1.82) is 0 Å². The zero-order valence-electron chi connectivity index (χ0n) is 39.2. The van der Waals surface area contributed by atoms with E-state index >= 15 is 0 Å². The van der Waals surface area contributed by atoms with E-state index in [1.807, 2.05) is 0 Å². The molecule has 0 radical (unpaired) electrons. The molecule has 2 aliphatic heterocycles. The van der Waals surface area contributed by atoms with Crippen molar-refractivity contribution in [2.24, 2.45) is 0 Å². The average Bonchev–Trinajstić information content (AvgIpc) is 3.20. The van der Waals surface area contributed by atoms with E-state index in [1.54, 1.807) is 0 Å². The van der Waals surface area contributed by atoms with E-state index < -0.39 is 10.4 Å². The first-order valence-electron chi connectivity index (χ1n) is 25.1. The first kappa shape index (κ1) is 56.7. The van der Waals surface area contributed by atoms with Gasteiger partial charge in [-0.2, -0.15) is 0 Å². The fourth-order valence-corrected chi connectivity index (χ4v) is 9.05. The van der Waals surface area contributed by atoms with Crippen LogP contribution in [0.3, 0.4) is 0 Å². The Bertz CT molecular complexity index is 887. The monoisotopic (exact) mass is 833 g/mol. The second-order valence-electron chi connectivity index (χ2n) is 18.0. The minimum Gasteiger partial charge on any atom is -0.759 e. The van der Waals surface area contributed by atoms with E-state index in [1.165, 1.54) is 254 Å². The summed E-state index contributed by atoms with van der Waals surface area (Å²) in [6.07, 6.45) is 44.1. The topological polar surface area (TPSA) is 98.7 Å². The second-order valence-corrected chi connectivity index (χ2v) is 18.8. The minimum absolute atomic E-state index is 0.510. The van der Waals surface area contributed by atoms with Gasteiger partial charge in [0.1, 0.15) is 38.4 Å². The molecule has 57 heavy (non-hydrogen) atoms. The van der Waals surface area contributed by atoms with Crippen molar-refractivity contribution in [3.05, 3.63) is 0 Å². The Balaban J connectivity index is 0.000000982. The van der Waals surface area contributed by atoms with Crippen LogP contribution in [0, 0.1) is 0 Å². The Morgan fingerprint density at radius 3 is 0.860 bits per heavy atom. The molecule has 0 aromatic carbocycles. The van der Waals surface area contributed by atoms with Crippen molar-refractivity contribution < 1.29 is 36.0 Å². The van der Waals surface area contributed by atoms with Gasteiger partial charge in [-0.05, 0) is 52.4 Å². The summed E-state index contributed by atoms with van der Waals surface area (Å²) in [5, 5.41) is 0. The van der Waals surface area contributed by atoms with E-state index in [-0.39, 0.29) is 0 Å². The molecule has 2 aliphatic rings. The highest BCUT2D eigenvalue weighted by molar-refractivity contribution is 7.79. The lowest BCUT2D eigenvalue weighted by molar-refractivity contribution is -0.937. The number of likely N-dealkylation sites (N-methyl/N-ethyl adjacent to an activating group) is 2. The summed E-state index contributed by atoms with van der Waals surface area (Å²) >= 11 is 0. The average molecular weight is 833 g/mol. The van der Waals surface area contributed by atoms with Gasteiger partial charge >= 0.3 is 0 Å². The quantitative estimate of drug-likeness (QED) is 0.0277. The van der Waals surface area contributed by atoms with Crippen molar-refractivity contribution in [2.45, 2.75) is 246 Å². The van der Waals surface area contributed by atoms with Gasteiger partial charge in [-0.3, -0.25) is 8.42 Å². The van der Waals surface area contributed by atoms with Gasteiger partial charge in [0.15, 0.2) is 0 Å². The molecule has 4 atom stereocenters. The molecule has 0 bridgehead atoms. The van der Waals surface area contributed by atoms with Crippen LogP contribution in [0.15, 0.2) is 0 Å². The van der Waals surface area contributed by atoms with Gasteiger partial charge in [-0.15, -0.1) is 0 Å². The standard InChI is InChI=1S/2C24H50NO.H2O4S/c2*1-4-7-8-9-10-11-12-13-14-15-16-17-18-19-20-25(6-3)21-22-26-24(5-2)23-25;1-5(2,3)4/h2*24H,4-23H2,1-3H3;(H2,1,2,3,4)/q2*+1;/p-2. The third-order valence-corrected chi connectivity index (χ3v) is 13.2. The van der Waals surface area contributed by atoms with Gasteiger partial charge in [-0.25, -0.2) is 0 Å². The second kappa shape index (κ2) is 38.6. The molecule has 9 heteroatoms. The molecule has 0 aromatic rings. The largest absolute Gasteiger partial charge is 0.759 e. The molecule has 2 heterocycles. The van der Waals surface area contributed by atoms with Crippen LogP contribution in [-0.2, 0) is 19.9 Å². The van der Waals surface area contributed by atoms with Crippen LogP contribution in [0.2, 0.25) is 0 Å². The van der Waals surface area contributed by atoms with Crippen LogP contribution >= 0.6 is 0 Å². The van der Waals surface area contributed by atoms with Gasteiger partial charge in [0.25, 0.3) is 0 Å². The molecule has 4 unspecified atom stereocenters. The smallest absolute Gasteiger partial charge is 0.106 e. The molecular weight excluding hydrogens is 733 g/mol. The van der Waals surface area contributed by atoms with Crippen molar-refractivity contribution >= 4 is 10.4 Å². The highest BCUT2D eigenvalue weighted by Crippen LogP contribution is 2.22. The van der Waals surface area contributed by atoms with Gasteiger partial charge in [-0.1, -0.05) is 182 Å². The van der Waals surface area contributed by atoms with E-state index in [0.717, 1.165) is 13.2 Å². The zero-order chi connectivity index (χ0) is 42.4. The third-order valence-electron chi connectivity index (χ3n) is 13.2. The summed E-state index contributed by atoms with van der Waals surface area (Å²) in [7, 11) is -5.17. The Morgan fingerprint density at radius 2 is 0.649 bits per heavy atom. The van der Waals surface area contributed by atoms with Crippen LogP contribution in [-0.4, -0.2) is 104 Å². The molecule has 0 saturated carbocycles. The van der Waals surface area contributed by atoms with Crippen LogP contribution in [0.1, 0.15) is 234 Å². The van der Waals surface area contributed by atoms with Crippen LogP contribution in [0.25, 0.3) is 0 Å². The lowest BCUT2D eigenvalue weighted by Crippen LogP contribution is -2.58. The van der Waals surface area contributed by atoms with Gasteiger partial charge in [0.2, 0.25) is 0 Å². The van der Waals surface area contributed by atoms with Crippen molar-refractivity contribution in [3.63, 3.8) is 0 Å². The maximum atomic E-state index is 8.52. The lowest BCUT2D eigenvalue weighted by Gasteiger charge is -2.43. The van der Waals surface area contributed by atoms with Gasteiger partial charge in [0, 0.05) is 10.4 Å². The summed E-state index contributed by atoms with van der Waals surface area (Å²) in [5.41, 5.74) is 0. The highest BCUT2D eigenvalue weighted by Gasteiger charge is 2.34. The number of hydrogen-bond acceptors (Lipinski definition) is 6. The third kappa shape index (κ3) is 35.1. The van der Waals surface area contributed by atoms with Crippen LogP contribution in [0.4, 0.5) is 0 Å². The fourth-order valence-electron chi connectivity index (χ4n) is 9.05. The molecule has 2 rings (SSSR count). The maximum absolute atomic E-state index is 8.52. The highest BCUT2D eigenvalue weighted by atomic mass is 32.3. The predicted octanol–water partition coefficient (Wildman–Crippen LogP) is 12.9. The first-order valence-corrected chi connectivity index (χ1v) is 26.5. The Hall–Kier alpha value is -0.290. The number of quaternary nitrogens is 2. The molecule has 0 aromatic heterocycles. The normalized spacial score (nSPS) is 22.4. The zero-order valence-corrected chi connectivity index (χ0v) is 40.0. The van der Waals surface area contributed by atoms with Crippen molar-refractivity contribution in [3.8, 4) is 0 Å². The number of rotatable bonds is 34. The maximum Gasteiger partial charge on any atom is 0.106 e. The minimum atomic E-state index is -5.17. The van der Waals surface area contributed by atoms with E-state index in [2.05, 4.69) is 41.5 Å². The lowest BCUT2D eigenvalue weighted by atomic mass is 10.0. The predicted molar refractivity (Wildman–Crippen MR) is 242 cm³/mol. The number of ether oxygens (including phenoxy) is 2. The number of unbranched alkanes of at least 4 members (excludes halogenated alkanes) is 26. The molecule has 0 spiro atoms. The Kier molecular flexibility index (Phi) is 38.4.